The lowest BCUT2D eigenvalue weighted by Crippen LogP contribution is -2.44. The molecular formula is C15H24N2O. The Bertz CT molecular complexity index is 365. The Labute approximate surface area is 110 Å². The largest absolute Gasteiger partial charge is 0.389 e. The van der Waals surface area contributed by atoms with Gasteiger partial charge in [-0.25, -0.2) is 0 Å². The summed E-state index contributed by atoms with van der Waals surface area (Å²) in [5.74, 6) is 0. The SMILES string of the molecule is CC1(C)CCC(O)(CNCc2ccncc2)CC1. The Morgan fingerprint density at radius 3 is 2.39 bits per heavy atom. The first-order chi connectivity index (χ1) is 8.49. The molecule has 0 aliphatic heterocycles. The van der Waals surface area contributed by atoms with Crippen molar-refractivity contribution in [3.05, 3.63) is 30.1 Å². The molecule has 0 spiro atoms. The molecule has 100 valence electrons. The summed E-state index contributed by atoms with van der Waals surface area (Å²) < 4.78 is 0. The Morgan fingerprint density at radius 2 is 1.78 bits per heavy atom. The van der Waals surface area contributed by atoms with E-state index in [1.54, 1.807) is 12.4 Å². The van der Waals surface area contributed by atoms with Crippen LogP contribution in [0.3, 0.4) is 0 Å². The third-order valence-corrected chi connectivity index (χ3v) is 4.07. The van der Waals surface area contributed by atoms with Crippen molar-refractivity contribution in [2.75, 3.05) is 6.54 Å². The summed E-state index contributed by atoms with van der Waals surface area (Å²) >= 11 is 0. The van der Waals surface area contributed by atoms with E-state index < -0.39 is 5.60 Å². The second kappa shape index (κ2) is 5.37. The van der Waals surface area contributed by atoms with Gasteiger partial charge in [0.25, 0.3) is 0 Å². The maximum Gasteiger partial charge on any atom is 0.0772 e. The molecule has 1 aromatic rings. The van der Waals surface area contributed by atoms with Gasteiger partial charge in [-0.1, -0.05) is 13.8 Å². The molecule has 18 heavy (non-hydrogen) atoms. The summed E-state index contributed by atoms with van der Waals surface area (Å²) in [4.78, 5) is 4.00. The first kappa shape index (κ1) is 13.5. The van der Waals surface area contributed by atoms with E-state index in [0.717, 1.165) is 32.2 Å². The van der Waals surface area contributed by atoms with Crippen LogP contribution in [0.25, 0.3) is 0 Å². The first-order valence-corrected chi connectivity index (χ1v) is 6.81. The molecule has 1 aromatic heterocycles. The van der Waals surface area contributed by atoms with Gasteiger partial charge < -0.3 is 10.4 Å². The average Bonchev–Trinajstić information content (AvgIpc) is 2.35. The Kier molecular flexibility index (Phi) is 4.03. The molecule has 0 aromatic carbocycles. The van der Waals surface area contributed by atoms with E-state index in [1.165, 1.54) is 5.56 Å². The Hall–Kier alpha value is -0.930. The number of nitrogens with one attached hydrogen (secondary N) is 1. The topological polar surface area (TPSA) is 45.1 Å². The van der Waals surface area contributed by atoms with Crippen LogP contribution in [0.15, 0.2) is 24.5 Å². The lowest BCUT2D eigenvalue weighted by atomic mass is 9.71. The maximum absolute atomic E-state index is 10.5. The van der Waals surface area contributed by atoms with Crippen molar-refractivity contribution in [2.45, 2.75) is 51.7 Å². The molecule has 2 N–H and O–H groups in total. The summed E-state index contributed by atoms with van der Waals surface area (Å²) in [6.07, 6.45) is 7.64. The number of rotatable bonds is 4. The van der Waals surface area contributed by atoms with Gasteiger partial charge in [-0.05, 0) is 48.8 Å². The van der Waals surface area contributed by atoms with Gasteiger partial charge >= 0.3 is 0 Å². The van der Waals surface area contributed by atoms with Gasteiger partial charge in [0.05, 0.1) is 5.60 Å². The zero-order valence-corrected chi connectivity index (χ0v) is 11.4. The van der Waals surface area contributed by atoms with Crippen LogP contribution in [-0.2, 0) is 6.54 Å². The zero-order chi connectivity index (χ0) is 13.1. The molecule has 3 heteroatoms. The fourth-order valence-electron chi connectivity index (χ4n) is 2.51. The van der Waals surface area contributed by atoms with Crippen LogP contribution >= 0.6 is 0 Å². The second-order valence-corrected chi connectivity index (χ2v) is 6.35. The van der Waals surface area contributed by atoms with Gasteiger partial charge in [-0.2, -0.15) is 0 Å². The number of nitrogens with zero attached hydrogens (tertiary/aromatic N) is 1. The van der Waals surface area contributed by atoms with Crippen molar-refractivity contribution in [3.63, 3.8) is 0 Å². The molecule has 0 unspecified atom stereocenters. The molecule has 1 aliphatic carbocycles. The molecule has 1 aliphatic rings. The standard InChI is InChI=1S/C15H24N2O/c1-14(2)5-7-15(18,8-6-14)12-17-11-13-3-9-16-10-4-13/h3-4,9-10,17-18H,5-8,11-12H2,1-2H3. The molecule has 0 radical (unpaired) electrons. The number of hydrogen-bond acceptors (Lipinski definition) is 3. The summed E-state index contributed by atoms with van der Waals surface area (Å²) in [6, 6.07) is 4.00. The lowest BCUT2D eigenvalue weighted by Gasteiger charge is -2.40. The maximum atomic E-state index is 10.5. The van der Waals surface area contributed by atoms with Crippen LogP contribution in [0.1, 0.15) is 45.1 Å². The van der Waals surface area contributed by atoms with Crippen LogP contribution in [0, 0.1) is 5.41 Å². The monoisotopic (exact) mass is 248 g/mol. The Balaban J connectivity index is 1.77. The van der Waals surface area contributed by atoms with E-state index in [9.17, 15) is 5.11 Å². The second-order valence-electron chi connectivity index (χ2n) is 6.35. The fraction of sp³-hybridized carbons (Fsp3) is 0.667. The molecular weight excluding hydrogens is 224 g/mol. The quantitative estimate of drug-likeness (QED) is 0.860. The zero-order valence-electron chi connectivity index (χ0n) is 11.4. The van der Waals surface area contributed by atoms with Gasteiger partial charge in [0.15, 0.2) is 0 Å². The van der Waals surface area contributed by atoms with E-state index in [0.29, 0.717) is 12.0 Å². The minimum Gasteiger partial charge on any atom is -0.389 e. The molecule has 2 rings (SSSR count). The molecule has 0 saturated heterocycles. The third kappa shape index (κ3) is 3.79. The van der Waals surface area contributed by atoms with Gasteiger partial charge in [0, 0.05) is 25.5 Å². The van der Waals surface area contributed by atoms with E-state index in [1.807, 2.05) is 12.1 Å². The molecule has 0 bridgehead atoms. The van der Waals surface area contributed by atoms with Crippen molar-refractivity contribution < 1.29 is 5.11 Å². The highest BCUT2D eigenvalue weighted by Gasteiger charge is 2.36. The van der Waals surface area contributed by atoms with Crippen LogP contribution in [0.5, 0.6) is 0 Å². The number of aliphatic hydroxyl groups is 1. The highest BCUT2D eigenvalue weighted by molar-refractivity contribution is 5.09. The lowest BCUT2D eigenvalue weighted by molar-refractivity contribution is -0.0245. The Morgan fingerprint density at radius 1 is 1.17 bits per heavy atom. The van der Waals surface area contributed by atoms with E-state index >= 15 is 0 Å². The molecule has 0 atom stereocenters. The molecule has 1 heterocycles. The highest BCUT2D eigenvalue weighted by atomic mass is 16.3. The van der Waals surface area contributed by atoms with E-state index in [4.69, 9.17) is 0 Å². The number of aromatic nitrogens is 1. The van der Waals surface area contributed by atoms with Crippen LogP contribution in [0.2, 0.25) is 0 Å². The first-order valence-electron chi connectivity index (χ1n) is 6.81. The van der Waals surface area contributed by atoms with Crippen molar-refractivity contribution in [2.24, 2.45) is 5.41 Å². The van der Waals surface area contributed by atoms with Gasteiger partial charge in [0.1, 0.15) is 0 Å². The van der Waals surface area contributed by atoms with Crippen LogP contribution in [-0.4, -0.2) is 22.2 Å². The number of pyridine rings is 1. The van der Waals surface area contributed by atoms with Gasteiger partial charge in [-0.3, -0.25) is 4.98 Å². The van der Waals surface area contributed by atoms with Crippen molar-refractivity contribution in [1.82, 2.24) is 10.3 Å². The minimum absolute atomic E-state index is 0.400. The van der Waals surface area contributed by atoms with Gasteiger partial charge in [0.2, 0.25) is 0 Å². The predicted molar refractivity (Wildman–Crippen MR) is 73.1 cm³/mol. The van der Waals surface area contributed by atoms with Crippen molar-refractivity contribution >= 4 is 0 Å². The molecule has 0 amide bonds. The fourth-order valence-corrected chi connectivity index (χ4v) is 2.51. The third-order valence-electron chi connectivity index (χ3n) is 4.07. The summed E-state index contributed by atoms with van der Waals surface area (Å²) in [5.41, 5.74) is 1.10. The summed E-state index contributed by atoms with van der Waals surface area (Å²) in [5, 5.41) is 13.9. The normalized spacial score (nSPS) is 21.7. The highest BCUT2D eigenvalue weighted by Crippen LogP contribution is 2.39. The molecule has 1 fully saturated rings. The number of hydrogen-bond donors (Lipinski definition) is 2. The van der Waals surface area contributed by atoms with E-state index in [2.05, 4.69) is 24.1 Å². The summed E-state index contributed by atoms with van der Waals surface area (Å²) in [6.45, 7) is 6.06. The molecule has 1 saturated carbocycles. The van der Waals surface area contributed by atoms with Crippen molar-refractivity contribution in [1.29, 1.82) is 0 Å². The smallest absolute Gasteiger partial charge is 0.0772 e. The summed E-state index contributed by atoms with van der Waals surface area (Å²) in [7, 11) is 0. The molecule has 3 nitrogen and oxygen atoms in total. The van der Waals surface area contributed by atoms with Crippen LogP contribution < -0.4 is 5.32 Å². The van der Waals surface area contributed by atoms with Gasteiger partial charge in [-0.15, -0.1) is 0 Å². The van der Waals surface area contributed by atoms with Crippen molar-refractivity contribution in [3.8, 4) is 0 Å². The average molecular weight is 248 g/mol. The minimum atomic E-state index is -0.511. The van der Waals surface area contributed by atoms with Crippen LogP contribution in [0.4, 0.5) is 0 Å². The van der Waals surface area contributed by atoms with E-state index in [-0.39, 0.29) is 0 Å². The predicted octanol–water partition coefficient (Wildman–Crippen LogP) is 2.50.